The van der Waals surface area contributed by atoms with E-state index in [4.69, 9.17) is 10.00 Å². The molecule has 0 aliphatic carbocycles. The minimum absolute atomic E-state index is 0.145. The smallest absolute Gasteiger partial charge is 0.407 e. The number of carbonyl (C=O) groups is 1. The molecule has 1 aromatic rings. The lowest BCUT2D eigenvalue weighted by Crippen LogP contribution is -2.32. The minimum Gasteiger partial charge on any atom is -0.444 e. The van der Waals surface area contributed by atoms with Gasteiger partial charge < -0.3 is 15.4 Å². The first-order valence-electron chi connectivity index (χ1n) is 7.67. The molecule has 5 heteroatoms. The first-order valence-corrected chi connectivity index (χ1v) is 7.67. The van der Waals surface area contributed by atoms with Crippen molar-refractivity contribution in [2.24, 2.45) is 0 Å². The lowest BCUT2D eigenvalue weighted by molar-refractivity contribution is 0.0534. The lowest BCUT2D eigenvalue weighted by atomic mass is 10.1. The summed E-state index contributed by atoms with van der Waals surface area (Å²) in [6, 6.07) is 9.83. The van der Waals surface area contributed by atoms with E-state index < -0.39 is 11.7 Å². The number of benzene rings is 1. The predicted molar refractivity (Wildman–Crippen MR) is 91.0 cm³/mol. The molecule has 5 nitrogen and oxygen atoms in total. The third kappa shape index (κ3) is 8.03. The highest BCUT2D eigenvalue weighted by Gasteiger charge is 2.14. The Balaban J connectivity index is 2.28. The van der Waals surface area contributed by atoms with Gasteiger partial charge in [0, 0.05) is 19.1 Å². The molecule has 0 saturated heterocycles. The molecule has 0 saturated carbocycles. The number of hydrogen-bond donors (Lipinski definition) is 2. The summed E-state index contributed by atoms with van der Waals surface area (Å²) in [6.07, 6.45) is 3.40. The lowest BCUT2D eigenvalue weighted by Gasteiger charge is -2.19. The van der Waals surface area contributed by atoms with E-state index in [-0.39, 0.29) is 6.04 Å². The summed E-state index contributed by atoms with van der Waals surface area (Å²) in [5.74, 6) is 0. The van der Waals surface area contributed by atoms with Crippen LogP contribution < -0.4 is 10.6 Å². The number of nitrogens with one attached hydrogen (secondary N) is 2. The number of alkyl carbamates (subject to hydrolysis) is 1. The molecule has 1 atom stereocenters. The summed E-state index contributed by atoms with van der Waals surface area (Å²) in [7, 11) is 0. The molecule has 0 aromatic heterocycles. The number of hydrogen-bond acceptors (Lipinski definition) is 4. The molecule has 1 amide bonds. The van der Waals surface area contributed by atoms with Gasteiger partial charge in [-0.1, -0.05) is 24.3 Å². The second kappa shape index (κ2) is 8.96. The van der Waals surface area contributed by atoms with Gasteiger partial charge in [0.2, 0.25) is 0 Å². The molecule has 0 bridgehead atoms. The third-order valence-electron chi connectivity index (χ3n) is 2.99. The molecule has 1 unspecified atom stereocenters. The Kier molecular flexibility index (Phi) is 7.30. The number of nitrogens with zero attached hydrogens (tertiary/aromatic N) is 1. The van der Waals surface area contributed by atoms with Crippen LogP contribution in [0, 0.1) is 11.3 Å². The van der Waals surface area contributed by atoms with Crippen LogP contribution >= 0.6 is 0 Å². The van der Waals surface area contributed by atoms with Gasteiger partial charge >= 0.3 is 6.09 Å². The van der Waals surface area contributed by atoms with Crippen LogP contribution in [0.1, 0.15) is 44.9 Å². The number of rotatable bonds is 6. The zero-order valence-electron chi connectivity index (χ0n) is 14.2. The molecule has 1 aromatic carbocycles. The van der Waals surface area contributed by atoms with Gasteiger partial charge in [0.05, 0.1) is 11.6 Å². The molecule has 0 heterocycles. The average molecular weight is 315 g/mol. The van der Waals surface area contributed by atoms with Gasteiger partial charge in [-0.25, -0.2) is 4.79 Å². The fraction of sp³-hybridized carbons (Fsp3) is 0.444. The van der Waals surface area contributed by atoms with Gasteiger partial charge in [0.15, 0.2) is 0 Å². The Morgan fingerprint density at radius 1 is 1.35 bits per heavy atom. The Morgan fingerprint density at radius 2 is 2.04 bits per heavy atom. The van der Waals surface area contributed by atoms with Crippen LogP contribution in [0.15, 0.2) is 36.4 Å². The largest absolute Gasteiger partial charge is 0.444 e. The van der Waals surface area contributed by atoms with Crippen LogP contribution in [0.25, 0.3) is 0 Å². The molecule has 0 radical (unpaired) electrons. The van der Waals surface area contributed by atoms with E-state index in [0.717, 1.165) is 5.56 Å². The Labute approximate surface area is 138 Å². The molecule has 0 fully saturated rings. The van der Waals surface area contributed by atoms with E-state index in [2.05, 4.69) is 16.7 Å². The summed E-state index contributed by atoms with van der Waals surface area (Å²) in [5.41, 5.74) is 1.25. The maximum atomic E-state index is 11.4. The van der Waals surface area contributed by atoms with Crippen molar-refractivity contribution in [3.05, 3.63) is 47.5 Å². The van der Waals surface area contributed by atoms with E-state index in [1.807, 2.05) is 58.0 Å². The summed E-state index contributed by atoms with van der Waals surface area (Å²) >= 11 is 0. The third-order valence-corrected chi connectivity index (χ3v) is 2.99. The molecule has 0 spiro atoms. The zero-order valence-corrected chi connectivity index (χ0v) is 14.2. The van der Waals surface area contributed by atoms with Gasteiger partial charge in [-0.3, -0.25) is 0 Å². The van der Waals surface area contributed by atoms with E-state index in [1.165, 1.54) is 0 Å². The Hall–Kier alpha value is -2.32. The maximum absolute atomic E-state index is 11.4. The van der Waals surface area contributed by atoms with Crippen LogP contribution in [-0.4, -0.2) is 24.8 Å². The summed E-state index contributed by atoms with van der Waals surface area (Å²) in [5, 5.41) is 14.9. The van der Waals surface area contributed by atoms with Gasteiger partial charge in [0.1, 0.15) is 5.60 Å². The number of carbonyl (C=O) groups excluding carboxylic acids is 1. The molecular weight excluding hydrogens is 290 g/mol. The van der Waals surface area contributed by atoms with Crippen molar-refractivity contribution in [1.82, 2.24) is 10.6 Å². The highest BCUT2D eigenvalue weighted by molar-refractivity contribution is 5.67. The fourth-order valence-electron chi connectivity index (χ4n) is 1.86. The van der Waals surface area contributed by atoms with Crippen molar-refractivity contribution >= 4 is 6.09 Å². The number of nitriles is 1. The van der Waals surface area contributed by atoms with Crippen LogP contribution in [-0.2, 0) is 4.74 Å². The fourth-order valence-corrected chi connectivity index (χ4v) is 1.86. The normalized spacial score (nSPS) is 12.7. The average Bonchev–Trinajstić information content (AvgIpc) is 2.48. The van der Waals surface area contributed by atoms with Crippen LogP contribution in [0.5, 0.6) is 0 Å². The molecule has 2 N–H and O–H groups in total. The van der Waals surface area contributed by atoms with Crippen molar-refractivity contribution in [3.8, 4) is 6.07 Å². The summed E-state index contributed by atoms with van der Waals surface area (Å²) in [4.78, 5) is 11.4. The molecule has 0 aliphatic rings. The zero-order chi connectivity index (χ0) is 17.3. The number of amides is 1. The summed E-state index contributed by atoms with van der Waals surface area (Å²) < 4.78 is 5.14. The first-order chi connectivity index (χ1) is 10.8. The summed E-state index contributed by atoms with van der Waals surface area (Å²) in [6.45, 7) is 8.63. The predicted octanol–water partition coefficient (Wildman–Crippen LogP) is 3.29. The van der Waals surface area contributed by atoms with E-state index >= 15 is 0 Å². The molecule has 1 rings (SSSR count). The second-order valence-electron chi connectivity index (χ2n) is 6.22. The van der Waals surface area contributed by atoms with Crippen LogP contribution in [0.2, 0.25) is 0 Å². The topological polar surface area (TPSA) is 74.2 Å². The minimum atomic E-state index is -0.483. The standard InChI is InChI=1S/C18H25N3O2/c1-14(16-9-7-8-15(12-16)13-19)20-10-5-6-11-21-17(22)23-18(2,3)4/h5-9,12,14,20H,10-11H2,1-4H3,(H,21,22)/b6-5+. The van der Waals surface area contributed by atoms with Crippen molar-refractivity contribution in [3.63, 3.8) is 0 Å². The second-order valence-corrected chi connectivity index (χ2v) is 6.22. The quantitative estimate of drug-likeness (QED) is 0.790. The van der Waals surface area contributed by atoms with Crippen molar-refractivity contribution in [1.29, 1.82) is 5.26 Å². The van der Waals surface area contributed by atoms with Gasteiger partial charge in [-0.15, -0.1) is 0 Å². The van der Waals surface area contributed by atoms with Crippen molar-refractivity contribution < 1.29 is 9.53 Å². The van der Waals surface area contributed by atoms with Crippen molar-refractivity contribution in [2.45, 2.75) is 39.3 Å². The van der Waals surface area contributed by atoms with Crippen LogP contribution in [0.3, 0.4) is 0 Å². The molecule has 124 valence electrons. The number of ether oxygens (including phenoxy) is 1. The van der Waals surface area contributed by atoms with E-state index in [1.54, 1.807) is 6.07 Å². The Morgan fingerprint density at radius 3 is 2.70 bits per heavy atom. The maximum Gasteiger partial charge on any atom is 0.407 e. The molecular formula is C18H25N3O2. The van der Waals surface area contributed by atoms with Gasteiger partial charge in [-0.2, -0.15) is 5.26 Å². The van der Waals surface area contributed by atoms with Crippen LogP contribution in [0.4, 0.5) is 4.79 Å². The van der Waals surface area contributed by atoms with E-state index in [9.17, 15) is 4.79 Å². The molecule has 0 aliphatic heterocycles. The first kappa shape index (κ1) is 18.7. The highest BCUT2D eigenvalue weighted by Crippen LogP contribution is 2.13. The van der Waals surface area contributed by atoms with E-state index in [0.29, 0.717) is 18.7 Å². The highest BCUT2D eigenvalue weighted by atomic mass is 16.6. The van der Waals surface area contributed by atoms with Gasteiger partial charge in [0.25, 0.3) is 0 Å². The SMILES string of the molecule is CC(NC/C=C/CNC(=O)OC(C)(C)C)c1cccc(C#N)c1. The van der Waals surface area contributed by atoms with Gasteiger partial charge in [-0.05, 0) is 45.4 Å². The Bertz CT molecular complexity index is 583. The van der Waals surface area contributed by atoms with Crippen molar-refractivity contribution in [2.75, 3.05) is 13.1 Å². The monoisotopic (exact) mass is 315 g/mol. The molecule has 23 heavy (non-hydrogen) atoms.